The first kappa shape index (κ1) is 21.6. The van der Waals surface area contributed by atoms with Gasteiger partial charge in [0.25, 0.3) is 0 Å². The number of rotatable bonds is 6. The summed E-state index contributed by atoms with van der Waals surface area (Å²) >= 11 is 6.06. The first-order valence-corrected chi connectivity index (χ1v) is 12.0. The maximum absolute atomic E-state index is 12.9. The minimum Gasteiger partial charge on any atom is -0.495 e. The van der Waals surface area contributed by atoms with Crippen LogP contribution in [-0.2, 0) is 31.4 Å². The summed E-state index contributed by atoms with van der Waals surface area (Å²) in [7, 11) is -6.68. The molecular weight excluding hydrogens is 440 g/mol. The first-order valence-electron chi connectivity index (χ1n) is 8.55. The average molecular weight is 459 g/mol. The Bertz CT molecular complexity index is 1160. The van der Waals surface area contributed by atoms with Crippen molar-refractivity contribution in [3.8, 4) is 5.75 Å². The second kappa shape index (κ2) is 7.94. The lowest BCUT2D eigenvalue weighted by molar-refractivity contribution is -0.119. The quantitative estimate of drug-likeness (QED) is 0.710. The monoisotopic (exact) mass is 458 g/mol. The molecule has 2 aromatic rings. The number of carbonyl (C=O) groups is 1. The second-order valence-corrected chi connectivity index (χ2v) is 10.5. The molecule has 1 N–H and O–H groups in total. The van der Waals surface area contributed by atoms with E-state index < -0.39 is 31.9 Å². The van der Waals surface area contributed by atoms with Gasteiger partial charge in [0, 0.05) is 11.6 Å². The molecule has 3 rings (SSSR count). The number of hydrogen-bond donors (Lipinski definition) is 1. The van der Waals surface area contributed by atoms with Crippen molar-refractivity contribution < 1.29 is 26.4 Å². The van der Waals surface area contributed by atoms with Crippen LogP contribution in [0.5, 0.6) is 5.75 Å². The van der Waals surface area contributed by atoms with E-state index in [2.05, 4.69) is 4.72 Å². The number of amides is 1. The molecule has 1 fully saturated rings. The summed E-state index contributed by atoms with van der Waals surface area (Å²) in [6.45, 7) is 1.43. The van der Waals surface area contributed by atoms with Gasteiger partial charge in [0.2, 0.25) is 26.0 Å². The zero-order valence-electron chi connectivity index (χ0n) is 15.6. The van der Waals surface area contributed by atoms with Crippen molar-refractivity contribution in [1.82, 2.24) is 4.72 Å². The number of halogens is 1. The van der Waals surface area contributed by atoms with Gasteiger partial charge < -0.3 is 4.74 Å². The largest absolute Gasteiger partial charge is 0.495 e. The molecule has 11 heteroatoms. The van der Waals surface area contributed by atoms with Crippen LogP contribution in [0.2, 0.25) is 5.02 Å². The highest BCUT2D eigenvalue weighted by Gasteiger charge is 2.42. The molecule has 1 amide bonds. The number of anilines is 1. The van der Waals surface area contributed by atoms with Gasteiger partial charge in [0.05, 0.1) is 24.5 Å². The summed E-state index contributed by atoms with van der Waals surface area (Å²) < 4.78 is 58.6. The molecule has 156 valence electrons. The zero-order valence-corrected chi connectivity index (χ0v) is 18.0. The topological polar surface area (TPSA) is 110 Å². The van der Waals surface area contributed by atoms with E-state index in [9.17, 15) is 21.6 Å². The standard InChI is InChI=1S/C18H19ClN2O6S2/c1-12-11-28(23,24)21(18(12)22)14-7-8-16(27-2)17(9-14)29(25,26)20-10-13-5-3-4-6-15(13)19/h3-9,12,20H,10-11H2,1-2H3/t12-/m1/s1. The lowest BCUT2D eigenvalue weighted by Crippen LogP contribution is -2.31. The van der Waals surface area contributed by atoms with Crippen molar-refractivity contribution in [2.24, 2.45) is 5.92 Å². The van der Waals surface area contributed by atoms with Crippen molar-refractivity contribution in [1.29, 1.82) is 0 Å². The number of nitrogens with zero attached hydrogens (tertiary/aromatic N) is 1. The predicted molar refractivity (Wildman–Crippen MR) is 109 cm³/mol. The van der Waals surface area contributed by atoms with Gasteiger partial charge in [0.15, 0.2) is 0 Å². The Hall–Kier alpha value is -2.14. The number of hydrogen-bond acceptors (Lipinski definition) is 6. The maximum atomic E-state index is 12.9. The van der Waals surface area contributed by atoms with E-state index in [1.165, 1.54) is 26.2 Å². The Balaban J connectivity index is 1.99. The van der Waals surface area contributed by atoms with Crippen LogP contribution in [0.4, 0.5) is 5.69 Å². The average Bonchev–Trinajstić information content (AvgIpc) is 2.87. The Morgan fingerprint density at radius 2 is 1.93 bits per heavy atom. The first-order chi connectivity index (χ1) is 13.6. The normalized spacial score (nSPS) is 18.8. The van der Waals surface area contributed by atoms with Crippen LogP contribution in [-0.4, -0.2) is 35.6 Å². The van der Waals surface area contributed by atoms with E-state index in [4.69, 9.17) is 16.3 Å². The molecule has 0 radical (unpaired) electrons. The summed E-state index contributed by atoms with van der Waals surface area (Å²) in [4.78, 5) is 12.0. The number of methoxy groups -OCH3 is 1. The van der Waals surface area contributed by atoms with Crippen LogP contribution in [0.25, 0.3) is 0 Å². The molecule has 0 aliphatic carbocycles. The van der Waals surface area contributed by atoms with E-state index in [-0.39, 0.29) is 28.6 Å². The fourth-order valence-corrected chi connectivity index (χ4v) is 6.19. The van der Waals surface area contributed by atoms with E-state index in [1.807, 2.05) is 0 Å². The maximum Gasteiger partial charge on any atom is 0.244 e. The van der Waals surface area contributed by atoms with Gasteiger partial charge in [-0.05, 0) is 29.8 Å². The molecule has 0 unspecified atom stereocenters. The van der Waals surface area contributed by atoms with Crippen molar-refractivity contribution in [2.75, 3.05) is 17.2 Å². The number of benzene rings is 2. The number of carbonyl (C=O) groups excluding carboxylic acids is 1. The number of nitrogens with one attached hydrogen (secondary N) is 1. The number of ether oxygens (including phenoxy) is 1. The molecular formula is C18H19ClN2O6S2. The third kappa shape index (κ3) is 4.25. The molecule has 1 heterocycles. The fourth-order valence-electron chi connectivity index (χ4n) is 2.98. The minimum atomic E-state index is -4.10. The van der Waals surface area contributed by atoms with Crippen molar-refractivity contribution in [3.63, 3.8) is 0 Å². The fraction of sp³-hybridized carbons (Fsp3) is 0.278. The van der Waals surface area contributed by atoms with Gasteiger partial charge in [-0.1, -0.05) is 36.7 Å². The Morgan fingerprint density at radius 3 is 2.52 bits per heavy atom. The second-order valence-electron chi connectivity index (χ2n) is 6.53. The Morgan fingerprint density at radius 1 is 1.24 bits per heavy atom. The molecule has 8 nitrogen and oxygen atoms in total. The van der Waals surface area contributed by atoms with Gasteiger partial charge in [0.1, 0.15) is 10.6 Å². The van der Waals surface area contributed by atoms with E-state index in [0.29, 0.717) is 14.9 Å². The summed E-state index contributed by atoms with van der Waals surface area (Å²) in [6, 6.07) is 10.5. The van der Waals surface area contributed by atoms with Crippen LogP contribution in [0.3, 0.4) is 0 Å². The van der Waals surface area contributed by atoms with Crippen LogP contribution in [0.1, 0.15) is 12.5 Å². The molecule has 0 aromatic heterocycles. The zero-order chi connectivity index (χ0) is 21.4. The van der Waals surface area contributed by atoms with Gasteiger partial charge in [-0.3, -0.25) is 4.79 Å². The molecule has 1 saturated heterocycles. The van der Waals surface area contributed by atoms with E-state index >= 15 is 0 Å². The molecule has 1 aliphatic rings. The van der Waals surface area contributed by atoms with Crippen molar-refractivity contribution in [2.45, 2.75) is 18.4 Å². The predicted octanol–water partition coefficient (Wildman–Crippen LogP) is 2.14. The van der Waals surface area contributed by atoms with Gasteiger partial charge >= 0.3 is 0 Å². The van der Waals surface area contributed by atoms with E-state index in [1.54, 1.807) is 24.3 Å². The molecule has 29 heavy (non-hydrogen) atoms. The van der Waals surface area contributed by atoms with Crippen LogP contribution in [0.15, 0.2) is 47.4 Å². The van der Waals surface area contributed by atoms with Crippen LogP contribution in [0, 0.1) is 5.92 Å². The summed E-state index contributed by atoms with van der Waals surface area (Å²) in [5, 5.41) is 0.402. The van der Waals surface area contributed by atoms with Gasteiger partial charge in [-0.15, -0.1) is 0 Å². The minimum absolute atomic E-state index is 0.0116. The number of sulfonamides is 2. The SMILES string of the molecule is COc1ccc(N2C(=O)[C@H](C)CS2(=O)=O)cc1S(=O)(=O)NCc1ccccc1Cl. The highest BCUT2D eigenvalue weighted by molar-refractivity contribution is 7.94. The molecule has 0 spiro atoms. The summed E-state index contributed by atoms with van der Waals surface area (Å²) in [5.74, 6) is -1.63. The van der Waals surface area contributed by atoms with Crippen molar-refractivity contribution in [3.05, 3.63) is 53.1 Å². The molecule has 1 aliphatic heterocycles. The highest BCUT2D eigenvalue weighted by Crippen LogP contribution is 2.34. The molecule has 0 bridgehead atoms. The van der Waals surface area contributed by atoms with Gasteiger partial charge in [-0.2, -0.15) is 0 Å². The lowest BCUT2D eigenvalue weighted by atomic mass is 10.2. The third-order valence-corrected chi connectivity index (χ3v) is 8.10. The van der Waals surface area contributed by atoms with Gasteiger partial charge in [-0.25, -0.2) is 25.9 Å². The summed E-state index contributed by atoms with van der Waals surface area (Å²) in [6.07, 6.45) is 0. The molecule has 0 saturated carbocycles. The Labute approximate surface area is 174 Å². The highest BCUT2D eigenvalue weighted by atomic mass is 35.5. The summed E-state index contributed by atoms with van der Waals surface area (Å²) in [5.41, 5.74) is 0.511. The van der Waals surface area contributed by atoms with Crippen LogP contribution < -0.4 is 13.8 Å². The van der Waals surface area contributed by atoms with Crippen molar-refractivity contribution >= 4 is 43.2 Å². The van der Waals surface area contributed by atoms with Crippen LogP contribution >= 0.6 is 11.6 Å². The lowest BCUT2D eigenvalue weighted by Gasteiger charge is -2.18. The molecule has 2 aromatic carbocycles. The Kier molecular flexibility index (Phi) is 5.91. The smallest absolute Gasteiger partial charge is 0.244 e. The van der Waals surface area contributed by atoms with E-state index in [0.717, 1.165) is 6.07 Å². The third-order valence-electron chi connectivity index (χ3n) is 4.44. The molecule has 1 atom stereocenters.